The molecule has 0 saturated heterocycles. The zero-order valence-corrected chi connectivity index (χ0v) is 12.0. The maximum absolute atomic E-state index is 12.3. The second-order valence-electron chi connectivity index (χ2n) is 5.25. The van der Waals surface area contributed by atoms with Crippen LogP contribution < -0.4 is 10.6 Å². The number of benzene rings is 1. The van der Waals surface area contributed by atoms with E-state index in [0.29, 0.717) is 6.54 Å². The van der Waals surface area contributed by atoms with Crippen molar-refractivity contribution in [3.8, 4) is 0 Å². The van der Waals surface area contributed by atoms with Crippen molar-refractivity contribution in [1.82, 2.24) is 15.1 Å². The number of fused-ring (bicyclic) bond motifs is 1. The third-order valence-electron chi connectivity index (χ3n) is 3.73. The number of nitrogens with zero attached hydrogens (tertiary/aromatic N) is 2. The van der Waals surface area contributed by atoms with E-state index in [-0.39, 0.29) is 5.91 Å². The first-order chi connectivity index (χ1) is 10.3. The van der Waals surface area contributed by atoms with E-state index in [1.54, 1.807) is 6.20 Å². The molecule has 0 atom stereocenters. The molecule has 3 rings (SSSR count). The van der Waals surface area contributed by atoms with Crippen molar-refractivity contribution in [2.45, 2.75) is 25.8 Å². The van der Waals surface area contributed by atoms with Crippen LogP contribution in [0.25, 0.3) is 0 Å². The molecule has 2 heterocycles. The molecule has 1 aromatic carbocycles. The van der Waals surface area contributed by atoms with Gasteiger partial charge < -0.3 is 10.6 Å². The van der Waals surface area contributed by atoms with Gasteiger partial charge in [0.25, 0.3) is 5.91 Å². The minimum Gasteiger partial charge on any atom is -0.384 e. The SMILES string of the molecule is O=C(NCCCn1cccn1)c1cccc2c1NCCC2. The normalized spacial score (nSPS) is 13.3. The van der Waals surface area contributed by atoms with Crippen LogP contribution >= 0.6 is 0 Å². The van der Waals surface area contributed by atoms with Crippen LogP contribution in [-0.2, 0) is 13.0 Å². The summed E-state index contributed by atoms with van der Waals surface area (Å²) in [6.07, 6.45) is 6.74. The summed E-state index contributed by atoms with van der Waals surface area (Å²) in [6.45, 7) is 2.41. The van der Waals surface area contributed by atoms with Crippen LogP contribution in [0, 0.1) is 0 Å². The van der Waals surface area contributed by atoms with Gasteiger partial charge in [-0.15, -0.1) is 0 Å². The maximum Gasteiger partial charge on any atom is 0.253 e. The number of carbonyl (C=O) groups excluding carboxylic acids is 1. The quantitative estimate of drug-likeness (QED) is 0.826. The first-order valence-electron chi connectivity index (χ1n) is 7.46. The van der Waals surface area contributed by atoms with Crippen LogP contribution in [0.15, 0.2) is 36.7 Å². The van der Waals surface area contributed by atoms with Gasteiger partial charge in [-0.3, -0.25) is 9.48 Å². The van der Waals surface area contributed by atoms with E-state index >= 15 is 0 Å². The summed E-state index contributed by atoms with van der Waals surface area (Å²) in [6, 6.07) is 7.85. The first kappa shape index (κ1) is 13.7. The summed E-state index contributed by atoms with van der Waals surface area (Å²) < 4.78 is 1.87. The minimum absolute atomic E-state index is 0.00159. The number of hydrogen-bond acceptors (Lipinski definition) is 3. The molecule has 21 heavy (non-hydrogen) atoms. The standard InChI is InChI=1S/C16H20N4O/c21-16(18-9-3-11-20-12-4-10-19-20)14-7-1-5-13-6-2-8-17-15(13)14/h1,4-5,7,10,12,17H,2-3,6,8-9,11H2,(H,18,21). The fourth-order valence-corrected chi connectivity index (χ4v) is 2.67. The van der Waals surface area contributed by atoms with Gasteiger partial charge >= 0.3 is 0 Å². The Morgan fingerprint density at radius 3 is 3.19 bits per heavy atom. The molecule has 1 aromatic heterocycles. The third-order valence-corrected chi connectivity index (χ3v) is 3.73. The fourth-order valence-electron chi connectivity index (χ4n) is 2.67. The van der Waals surface area contributed by atoms with Gasteiger partial charge in [0.2, 0.25) is 0 Å². The van der Waals surface area contributed by atoms with Crippen LogP contribution in [0.4, 0.5) is 5.69 Å². The number of rotatable bonds is 5. The van der Waals surface area contributed by atoms with E-state index in [0.717, 1.165) is 43.6 Å². The van der Waals surface area contributed by atoms with Crippen molar-refractivity contribution in [1.29, 1.82) is 0 Å². The first-order valence-corrected chi connectivity index (χ1v) is 7.46. The minimum atomic E-state index is 0.00159. The zero-order chi connectivity index (χ0) is 14.5. The lowest BCUT2D eigenvalue weighted by Gasteiger charge is -2.20. The molecule has 2 N–H and O–H groups in total. The van der Waals surface area contributed by atoms with Gasteiger partial charge in [-0.2, -0.15) is 5.10 Å². The smallest absolute Gasteiger partial charge is 0.253 e. The Bertz CT molecular complexity index is 607. The molecule has 1 amide bonds. The van der Waals surface area contributed by atoms with E-state index in [1.807, 2.05) is 29.1 Å². The number of nitrogens with one attached hydrogen (secondary N) is 2. The van der Waals surface area contributed by atoms with E-state index in [2.05, 4.69) is 21.8 Å². The average Bonchev–Trinajstić information content (AvgIpc) is 3.04. The molecule has 110 valence electrons. The number of aryl methyl sites for hydroxylation is 2. The molecule has 0 fully saturated rings. The molecule has 1 aliphatic heterocycles. The van der Waals surface area contributed by atoms with E-state index < -0.39 is 0 Å². The van der Waals surface area contributed by atoms with Crippen molar-refractivity contribution in [3.05, 3.63) is 47.8 Å². The highest BCUT2D eigenvalue weighted by atomic mass is 16.1. The number of anilines is 1. The molecule has 0 spiro atoms. The summed E-state index contributed by atoms with van der Waals surface area (Å²) in [4.78, 5) is 12.3. The summed E-state index contributed by atoms with van der Waals surface area (Å²) in [5, 5.41) is 10.5. The molecule has 0 radical (unpaired) electrons. The summed E-state index contributed by atoms with van der Waals surface area (Å²) in [5.41, 5.74) is 3.00. The van der Waals surface area contributed by atoms with Crippen molar-refractivity contribution in [3.63, 3.8) is 0 Å². The summed E-state index contributed by atoms with van der Waals surface area (Å²) in [5.74, 6) is 0.00159. The number of carbonyl (C=O) groups is 1. The van der Waals surface area contributed by atoms with Gasteiger partial charge in [0.05, 0.1) is 11.3 Å². The van der Waals surface area contributed by atoms with Crippen LogP contribution in [0.5, 0.6) is 0 Å². The Kier molecular flexibility index (Phi) is 4.19. The van der Waals surface area contributed by atoms with Crippen molar-refractivity contribution in [2.75, 3.05) is 18.4 Å². The molecule has 5 heteroatoms. The topological polar surface area (TPSA) is 59.0 Å². The Labute approximate surface area is 124 Å². The number of amides is 1. The molecule has 0 bridgehead atoms. The van der Waals surface area contributed by atoms with Crippen LogP contribution in [0.3, 0.4) is 0 Å². The Hall–Kier alpha value is -2.30. The van der Waals surface area contributed by atoms with Gasteiger partial charge in [0, 0.05) is 32.0 Å². The Morgan fingerprint density at radius 1 is 1.38 bits per heavy atom. The summed E-state index contributed by atoms with van der Waals surface area (Å²) >= 11 is 0. The second-order valence-corrected chi connectivity index (χ2v) is 5.25. The lowest BCUT2D eigenvalue weighted by Crippen LogP contribution is -2.27. The van der Waals surface area contributed by atoms with E-state index in [9.17, 15) is 4.79 Å². The van der Waals surface area contributed by atoms with Gasteiger partial charge in [0.1, 0.15) is 0 Å². The van der Waals surface area contributed by atoms with Crippen molar-refractivity contribution < 1.29 is 4.79 Å². The highest BCUT2D eigenvalue weighted by Crippen LogP contribution is 2.25. The lowest BCUT2D eigenvalue weighted by molar-refractivity contribution is 0.0953. The Balaban J connectivity index is 1.56. The lowest BCUT2D eigenvalue weighted by atomic mass is 9.99. The highest BCUT2D eigenvalue weighted by molar-refractivity contribution is 6.00. The predicted molar refractivity (Wildman–Crippen MR) is 82.4 cm³/mol. The highest BCUT2D eigenvalue weighted by Gasteiger charge is 2.16. The molecule has 2 aromatic rings. The number of hydrogen-bond donors (Lipinski definition) is 2. The monoisotopic (exact) mass is 284 g/mol. The average molecular weight is 284 g/mol. The second kappa shape index (κ2) is 6.43. The van der Waals surface area contributed by atoms with Crippen LogP contribution in [0.2, 0.25) is 0 Å². The third kappa shape index (κ3) is 3.24. The molecule has 0 unspecified atom stereocenters. The molecular weight excluding hydrogens is 264 g/mol. The number of para-hydroxylation sites is 1. The predicted octanol–water partition coefficient (Wildman–Crippen LogP) is 2.06. The molecule has 0 saturated carbocycles. The van der Waals surface area contributed by atoms with Gasteiger partial charge in [-0.1, -0.05) is 12.1 Å². The molecule has 5 nitrogen and oxygen atoms in total. The van der Waals surface area contributed by atoms with Gasteiger partial charge in [-0.05, 0) is 37.0 Å². The molecule has 1 aliphatic rings. The molecule has 0 aliphatic carbocycles. The number of aromatic nitrogens is 2. The van der Waals surface area contributed by atoms with Gasteiger partial charge in [0.15, 0.2) is 0 Å². The van der Waals surface area contributed by atoms with Crippen LogP contribution in [0.1, 0.15) is 28.8 Å². The largest absolute Gasteiger partial charge is 0.384 e. The zero-order valence-electron chi connectivity index (χ0n) is 12.0. The van der Waals surface area contributed by atoms with Crippen molar-refractivity contribution >= 4 is 11.6 Å². The van der Waals surface area contributed by atoms with Crippen LogP contribution in [-0.4, -0.2) is 28.8 Å². The summed E-state index contributed by atoms with van der Waals surface area (Å²) in [7, 11) is 0. The molecular formula is C16H20N4O. The Morgan fingerprint density at radius 2 is 2.33 bits per heavy atom. The fraction of sp³-hybridized carbons (Fsp3) is 0.375. The van der Waals surface area contributed by atoms with Gasteiger partial charge in [-0.25, -0.2) is 0 Å². The van der Waals surface area contributed by atoms with E-state index in [1.165, 1.54) is 5.56 Å². The van der Waals surface area contributed by atoms with E-state index in [4.69, 9.17) is 0 Å². The van der Waals surface area contributed by atoms with Crippen molar-refractivity contribution in [2.24, 2.45) is 0 Å². The maximum atomic E-state index is 12.3.